The van der Waals surface area contributed by atoms with E-state index in [-0.39, 0.29) is 5.69 Å². The van der Waals surface area contributed by atoms with Gasteiger partial charge < -0.3 is 4.74 Å². The molecule has 1 heterocycles. The molecule has 0 radical (unpaired) electrons. The minimum atomic E-state index is -3.47. The Kier molecular flexibility index (Phi) is 4.68. The van der Waals surface area contributed by atoms with Crippen LogP contribution in [0.25, 0.3) is 0 Å². The molecule has 0 saturated heterocycles. The Balaban J connectivity index is 2.33. The van der Waals surface area contributed by atoms with Crippen molar-refractivity contribution in [3.63, 3.8) is 0 Å². The smallest absolute Gasteiger partial charge is 0.269 e. The number of hydrogen-bond donors (Lipinski definition) is 1. The maximum absolute atomic E-state index is 12.3. The molecule has 1 aliphatic heterocycles. The fourth-order valence-electron chi connectivity index (χ4n) is 2.48. The number of sulfonamides is 1. The summed E-state index contributed by atoms with van der Waals surface area (Å²) in [5.74, 6) is 0.555. The molecule has 0 fully saturated rings. The number of rotatable bonds is 5. The number of benzene rings is 1. The van der Waals surface area contributed by atoms with Crippen LogP contribution in [0.1, 0.15) is 39.7 Å². The molecule has 2 rings (SSSR count). The average Bonchev–Trinajstić information content (AvgIpc) is 2.45. The largest absolute Gasteiger partial charge is 0.486 e. The van der Waals surface area contributed by atoms with Gasteiger partial charge in [0.05, 0.1) is 16.2 Å². The van der Waals surface area contributed by atoms with Gasteiger partial charge in [0.25, 0.3) is 5.69 Å². The average molecular weight is 342 g/mol. The molecule has 1 aromatic rings. The molecular weight excluding hydrogens is 320 g/mol. The minimum absolute atomic E-state index is 0.0319. The standard InChI is InChI=1S/C15H22N2O5S/c1-5-10(2)23(20,21)16-14-9-11-8-12(17(18)19)6-7-13(11)22-15(14,3)4/h6-8,10,14,16H,5,9H2,1-4H3. The quantitative estimate of drug-likeness (QED) is 0.654. The van der Waals surface area contributed by atoms with Crippen LogP contribution in [0.5, 0.6) is 5.75 Å². The van der Waals surface area contributed by atoms with Crippen LogP contribution in [0.2, 0.25) is 0 Å². The zero-order chi connectivity index (χ0) is 17.4. The number of nitro groups is 1. The van der Waals surface area contributed by atoms with Crippen LogP contribution in [0.4, 0.5) is 5.69 Å². The summed E-state index contributed by atoms with van der Waals surface area (Å²) in [6.45, 7) is 7.07. The van der Waals surface area contributed by atoms with Crippen molar-refractivity contribution in [3.8, 4) is 5.75 Å². The van der Waals surface area contributed by atoms with E-state index in [2.05, 4.69) is 4.72 Å². The Hall–Kier alpha value is -1.67. The summed E-state index contributed by atoms with van der Waals surface area (Å²) in [5.41, 5.74) is -0.144. The van der Waals surface area contributed by atoms with Gasteiger partial charge >= 0.3 is 0 Å². The monoisotopic (exact) mass is 342 g/mol. The zero-order valence-electron chi connectivity index (χ0n) is 13.7. The third-order valence-electron chi connectivity index (χ3n) is 4.30. The number of nitrogens with zero attached hydrogens (tertiary/aromatic N) is 1. The molecule has 0 aromatic heterocycles. The van der Waals surface area contributed by atoms with Crippen LogP contribution >= 0.6 is 0 Å². The van der Waals surface area contributed by atoms with Crippen molar-refractivity contribution in [2.24, 2.45) is 0 Å². The first kappa shape index (κ1) is 17.7. The van der Waals surface area contributed by atoms with E-state index in [1.165, 1.54) is 12.1 Å². The van der Waals surface area contributed by atoms with Gasteiger partial charge in [0.15, 0.2) is 0 Å². The molecule has 128 valence electrons. The van der Waals surface area contributed by atoms with E-state index < -0.39 is 31.8 Å². The Morgan fingerprint density at radius 3 is 2.70 bits per heavy atom. The number of hydrogen-bond acceptors (Lipinski definition) is 5. The number of nitrogens with one attached hydrogen (secondary N) is 1. The highest BCUT2D eigenvalue weighted by molar-refractivity contribution is 7.90. The molecule has 0 spiro atoms. The fraction of sp³-hybridized carbons (Fsp3) is 0.600. The van der Waals surface area contributed by atoms with Crippen LogP contribution in [-0.4, -0.2) is 30.2 Å². The molecule has 0 bridgehead atoms. The second-order valence-corrected chi connectivity index (χ2v) is 8.52. The highest BCUT2D eigenvalue weighted by atomic mass is 32.2. The topological polar surface area (TPSA) is 98.5 Å². The zero-order valence-corrected chi connectivity index (χ0v) is 14.5. The van der Waals surface area contributed by atoms with E-state index in [0.29, 0.717) is 24.2 Å². The van der Waals surface area contributed by atoms with Crippen molar-refractivity contribution in [2.75, 3.05) is 0 Å². The molecule has 8 heteroatoms. The van der Waals surface area contributed by atoms with Gasteiger partial charge in [-0.1, -0.05) is 6.92 Å². The second kappa shape index (κ2) is 6.09. The van der Waals surface area contributed by atoms with Crippen molar-refractivity contribution in [1.29, 1.82) is 0 Å². The fourth-order valence-corrected chi connectivity index (χ4v) is 3.91. The number of nitro benzene ring substituents is 1. The SMILES string of the molecule is CCC(C)S(=O)(=O)NC1Cc2cc([N+](=O)[O-])ccc2OC1(C)C. The summed E-state index contributed by atoms with van der Waals surface area (Å²) in [6.07, 6.45) is 0.852. The molecule has 0 aliphatic carbocycles. The normalized spacial score (nSPS) is 21.1. The van der Waals surface area contributed by atoms with Gasteiger partial charge in [-0.3, -0.25) is 10.1 Å². The van der Waals surface area contributed by atoms with Crippen molar-refractivity contribution >= 4 is 15.7 Å². The molecular formula is C15H22N2O5S. The third kappa shape index (κ3) is 3.64. The molecule has 0 amide bonds. The first-order chi connectivity index (χ1) is 10.6. The molecule has 2 unspecified atom stereocenters. The van der Waals surface area contributed by atoms with Gasteiger partial charge in [0.2, 0.25) is 10.0 Å². The van der Waals surface area contributed by atoms with E-state index in [0.717, 1.165) is 0 Å². The predicted molar refractivity (Wildman–Crippen MR) is 87.1 cm³/mol. The summed E-state index contributed by atoms with van der Waals surface area (Å²) < 4.78 is 33.2. The van der Waals surface area contributed by atoms with Crippen molar-refractivity contribution in [3.05, 3.63) is 33.9 Å². The second-order valence-electron chi connectivity index (χ2n) is 6.39. The molecule has 1 N–H and O–H groups in total. The van der Waals surface area contributed by atoms with Gasteiger partial charge in [0.1, 0.15) is 11.4 Å². The molecule has 0 saturated carbocycles. The van der Waals surface area contributed by atoms with Crippen LogP contribution in [0.3, 0.4) is 0 Å². The van der Waals surface area contributed by atoms with Crippen LogP contribution in [0, 0.1) is 10.1 Å². The highest BCUT2D eigenvalue weighted by Gasteiger charge is 2.40. The van der Waals surface area contributed by atoms with E-state index in [1.54, 1.807) is 26.8 Å². The lowest BCUT2D eigenvalue weighted by Gasteiger charge is -2.40. The van der Waals surface area contributed by atoms with Gasteiger partial charge in [-0.15, -0.1) is 0 Å². The number of non-ortho nitro benzene ring substituents is 1. The lowest BCUT2D eigenvalue weighted by atomic mass is 9.89. The van der Waals surface area contributed by atoms with Crippen LogP contribution < -0.4 is 9.46 Å². The lowest BCUT2D eigenvalue weighted by Crippen LogP contribution is -2.56. The van der Waals surface area contributed by atoms with Crippen molar-refractivity contribution in [1.82, 2.24) is 4.72 Å². The van der Waals surface area contributed by atoms with E-state index >= 15 is 0 Å². The van der Waals surface area contributed by atoms with Gasteiger partial charge in [-0.25, -0.2) is 13.1 Å². The van der Waals surface area contributed by atoms with E-state index in [9.17, 15) is 18.5 Å². The summed E-state index contributed by atoms with van der Waals surface area (Å²) in [7, 11) is -3.47. The van der Waals surface area contributed by atoms with E-state index in [4.69, 9.17) is 4.74 Å². The Morgan fingerprint density at radius 1 is 1.48 bits per heavy atom. The first-order valence-corrected chi connectivity index (χ1v) is 9.09. The van der Waals surface area contributed by atoms with Gasteiger partial charge in [-0.05, 0) is 39.7 Å². The number of fused-ring (bicyclic) bond motifs is 1. The summed E-state index contributed by atoms with van der Waals surface area (Å²) >= 11 is 0. The molecule has 1 aromatic carbocycles. The summed E-state index contributed by atoms with van der Waals surface area (Å²) in [5, 5.41) is 10.4. The van der Waals surface area contributed by atoms with Crippen LogP contribution in [-0.2, 0) is 16.4 Å². The Labute approximate surface area is 136 Å². The summed E-state index contributed by atoms with van der Waals surface area (Å²) in [6, 6.07) is 3.90. The van der Waals surface area contributed by atoms with Crippen molar-refractivity contribution < 1.29 is 18.1 Å². The highest BCUT2D eigenvalue weighted by Crippen LogP contribution is 2.35. The molecule has 23 heavy (non-hydrogen) atoms. The lowest BCUT2D eigenvalue weighted by molar-refractivity contribution is -0.385. The predicted octanol–water partition coefficient (Wildman–Crippen LogP) is 2.39. The number of ether oxygens (including phenoxy) is 1. The molecule has 2 atom stereocenters. The summed E-state index contributed by atoms with van der Waals surface area (Å²) in [4.78, 5) is 10.4. The third-order valence-corrected chi connectivity index (χ3v) is 6.31. The van der Waals surface area contributed by atoms with Gasteiger partial charge in [0, 0.05) is 17.7 Å². The first-order valence-electron chi connectivity index (χ1n) is 7.54. The minimum Gasteiger partial charge on any atom is -0.486 e. The van der Waals surface area contributed by atoms with E-state index in [1.807, 2.05) is 6.92 Å². The van der Waals surface area contributed by atoms with Crippen molar-refractivity contribution in [2.45, 2.75) is 57.4 Å². The van der Waals surface area contributed by atoms with Gasteiger partial charge in [-0.2, -0.15) is 0 Å². The molecule has 1 aliphatic rings. The molecule has 7 nitrogen and oxygen atoms in total. The maximum atomic E-state index is 12.3. The Morgan fingerprint density at radius 2 is 2.13 bits per heavy atom. The maximum Gasteiger partial charge on any atom is 0.269 e. The Bertz CT molecular complexity index is 715. The van der Waals surface area contributed by atoms with Crippen LogP contribution in [0.15, 0.2) is 18.2 Å².